The number of nitrogens with one attached hydrogen (secondary N) is 6. The van der Waals surface area contributed by atoms with Crippen LogP contribution in [0.4, 0.5) is 22.7 Å². The number of H-pyrrole nitrogens is 2. The Morgan fingerprint density at radius 3 is 0.667 bits per heavy atom. The second-order valence-corrected chi connectivity index (χ2v) is 23.6. The van der Waals surface area contributed by atoms with E-state index in [0.29, 0.717) is 0 Å². The molecule has 0 amide bonds. The lowest BCUT2D eigenvalue weighted by Gasteiger charge is -2.10. The Labute approximate surface area is 504 Å². The van der Waals surface area contributed by atoms with Gasteiger partial charge in [-0.05, 0) is 145 Å². The number of hydrogen-bond donors (Lipinski definition) is 6. The van der Waals surface area contributed by atoms with Gasteiger partial charge >= 0.3 is 0 Å². The molecule has 84 heavy (non-hydrogen) atoms. The molecule has 0 saturated heterocycles. The molecule has 7 aromatic rings. The lowest BCUT2D eigenvalue weighted by Crippen LogP contribution is -2.01. The molecule has 0 unspecified atom stereocenters. The number of aromatic amines is 2. The number of aromatic nitrogens is 4. The van der Waals surface area contributed by atoms with Gasteiger partial charge in [-0.1, -0.05) is 205 Å². The highest BCUT2D eigenvalue weighted by molar-refractivity contribution is 6.00. The molecule has 0 radical (unpaired) electrons. The summed E-state index contributed by atoms with van der Waals surface area (Å²) in [4.78, 5) is 19.3. The van der Waals surface area contributed by atoms with Crippen LogP contribution < -0.4 is 21.3 Å². The van der Waals surface area contributed by atoms with Crippen molar-refractivity contribution in [2.45, 2.75) is 182 Å². The number of rotatable bonds is 36. The molecule has 8 bridgehead atoms. The molecule has 0 fully saturated rings. The van der Waals surface area contributed by atoms with Gasteiger partial charge in [-0.3, -0.25) is 0 Å². The third-order valence-electron chi connectivity index (χ3n) is 16.9. The van der Waals surface area contributed by atoms with E-state index in [1.807, 2.05) is 0 Å². The molecule has 2 aliphatic heterocycles. The number of nitrogens with zero attached hydrogens (tertiary/aromatic N) is 2. The second-order valence-electron chi connectivity index (χ2n) is 23.6. The molecule has 6 N–H and O–H groups in total. The maximum atomic E-state index is 5.65. The fraction of sp³-hybridized carbons (Fsp3) is 0.421. The van der Waals surface area contributed by atoms with Gasteiger partial charge in [0.05, 0.1) is 22.8 Å². The summed E-state index contributed by atoms with van der Waals surface area (Å²) >= 11 is 0. The van der Waals surface area contributed by atoms with E-state index in [1.54, 1.807) is 0 Å². The van der Waals surface area contributed by atoms with Crippen LogP contribution in [0.1, 0.15) is 205 Å². The van der Waals surface area contributed by atoms with Gasteiger partial charge in [0.25, 0.3) is 0 Å². The Balaban J connectivity index is 1.16. The normalized spacial score (nSPS) is 11.9. The first-order chi connectivity index (χ1) is 41.5. The monoisotopic (exact) mass is 1120 g/mol. The van der Waals surface area contributed by atoms with Gasteiger partial charge in [-0.2, -0.15) is 0 Å². The van der Waals surface area contributed by atoms with Crippen molar-refractivity contribution in [3.63, 3.8) is 0 Å². The molecule has 442 valence electrons. The average molecular weight is 1120 g/mol. The van der Waals surface area contributed by atoms with E-state index in [0.717, 1.165) is 138 Å². The molecule has 9 rings (SSSR count). The van der Waals surface area contributed by atoms with Crippen molar-refractivity contribution in [2.24, 2.45) is 0 Å². The topological polar surface area (TPSA) is 105 Å². The summed E-state index contributed by atoms with van der Waals surface area (Å²) in [5, 5.41) is 14.9. The fourth-order valence-electron chi connectivity index (χ4n) is 12.0. The zero-order chi connectivity index (χ0) is 58.0. The molecule has 8 nitrogen and oxygen atoms in total. The molecule has 0 saturated carbocycles. The second kappa shape index (κ2) is 33.2. The molecule has 0 atom stereocenters. The lowest BCUT2D eigenvalue weighted by molar-refractivity contribution is 0.617. The van der Waals surface area contributed by atoms with E-state index in [9.17, 15) is 0 Å². The Bertz CT molecular complexity index is 2890. The maximum absolute atomic E-state index is 5.65. The van der Waals surface area contributed by atoms with E-state index < -0.39 is 0 Å². The van der Waals surface area contributed by atoms with Crippen LogP contribution in [0, 0.1) is 0 Å². The Kier molecular flexibility index (Phi) is 24.2. The van der Waals surface area contributed by atoms with E-state index in [2.05, 4.69) is 205 Å². The van der Waals surface area contributed by atoms with Crippen molar-refractivity contribution in [1.29, 1.82) is 0 Å². The Morgan fingerprint density at radius 2 is 0.452 bits per heavy atom. The third kappa shape index (κ3) is 17.4. The zero-order valence-corrected chi connectivity index (χ0v) is 51.5. The molecular weight excluding hydrogens is 1020 g/mol. The summed E-state index contributed by atoms with van der Waals surface area (Å²) in [6.45, 7) is 13.0. The Hall–Kier alpha value is -7.32. The molecule has 2 aliphatic rings. The van der Waals surface area contributed by atoms with Crippen molar-refractivity contribution in [3.8, 4) is 44.5 Å². The minimum Gasteiger partial charge on any atom is -0.385 e. The van der Waals surface area contributed by atoms with Crippen LogP contribution in [0.3, 0.4) is 0 Å². The molecule has 8 heteroatoms. The van der Waals surface area contributed by atoms with Crippen molar-refractivity contribution < 1.29 is 0 Å². The van der Waals surface area contributed by atoms with Crippen LogP contribution in [-0.4, -0.2) is 46.1 Å². The average Bonchev–Trinajstić information content (AvgIpc) is 3.21. The predicted octanol–water partition coefficient (Wildman–Crippen LogP) is 22.4. The number of anilines is 4. The van der Waals surface area contributed by atoms with Crippen LogP contribution in [0.25, 0.3) is 90.9 Å². The van der Waals surface area contributed by atoms with Crippen molar-refractivity contribution in [3.05, 3.63) is 144 Å². The number of benzene rings is 4. The molecular formula is C76H98N8. The van der Waals surface area contributed by atoms with E-state index in [4.69, 9.17) is 9.97 Å². The molecule has 5 heterocycles. The quantitative estimate of drug-likeness (QED) is 0.0219. The van der Waals surface area contributed by atoms with Crippen molar-refractivity contribution >= 4 is 69.1 Å². The highest BCUT2D eigenvalue weighted by Crippen LogP contribution is 2.39. The van der Waals surface area contributed by atoms with E-state index in [1.165, 1.54) is 154 Å². The van der Waals surface area contributed by atoms with Gasteiger partial charge in [0.15, 0.2) is 0 Å². The summed E-state index contributed by atoms with van der Waals surface area (Å²) < 4.78 is 0. The first kappa shape index (κ1) is 61.2. The van der Waals surface area contributed by atoms with E-state index in [-0.39, 0.29) is 0 Å². The largest absolute Gasteiger partial charge is 0.385 e. The highest BCUT2D eigenvalue weighted by Gasteiger charge is 2.20. The van der Waals surface area contributed by atoms with E-state index >= 15 is 0 Å². The van der Waals surface area contributed by atoms with Crippen LogP contribution in [0.5, 0.6) is 0 Å². The van der Waals surface area contributed by atoms with Gasteiger partial charge in [0.1, 0.15) is 0 Å². The number of hydrogen-bond acceptors (Lipinski definition) is 6. The predicted molar refractivity (Wildman–Crippen MR) is 368 cm³/mol. The van der Waals surface area contributed by atoms with Crippen LogP contribution in [0.15, 0.2) is 121 Å². The number of unbranched alkanes of at least 4 members (excludes halogenated alkanes) is 20. The highest BCUT2D eigenvalue weighted by atomic mass is 14.9. The van der Waals surface area contributed by atoms with Crippen LogP contribution in [-0.2, 0) is 0 Å². The maximum Gasteiger partial charge on any atom is 0.0737 e. The standard InChI is InChI=1S/C76H98N8/c1-5-9-13-17-21-25-53-77-61-37-29-57(30-38-61)73-65-45-47-67(81-65)74(58-31-39-62(40-32-58)78-54-26-22-18-14-10-6-2)69-49-51-71(83-69)76(60-35-43-64(44-36-60)80-56-28-24-20-16-12-8-4)72-52-50-70(84-72)75(68-48-46-66(73)82-68)59-33-41-63(42-34-59)79-55-27-23-19-15-11-7-3/h29-52,77-81,84H,5-28,53-56H2,1-4H3. The van der Waals surface area contributed by atoms with Gasteiger partial charge < -0.3 is 31.2 Å². The van der Waals surface area contributed by atoms with Gasteiger partial charge in [-0.15, -0.1) is 0 Å². The minimum atomic E-state index is 0.910. The smallest absolute Gasteiger partial charge is 0.0737 e. The fourth-order valence-corrected chi connectivity index (χ4v) is 12.0. The third-order valence-corrected chi connectivity index (χ3v) is 16.9. The molecule has 0 spiro atoms. The SMILES string of the molecule is CCCCCCCCNc1ccc(-c2c3nc(c(-c4ccc(NCCCCCCCC)cc4)c4ccc([nH]4)c(-c4ccc(NCCCCCCCC)cc4)c4nc(c(-c5ccc(NCCCCCCCC)cc5)c5ccc2[nH]5)C=C4)C=C3)cc1. The summed E-state index contributed by atoms with van der Waals surface area (Å²) in [6.07, 6.45) is 39.5. The van der Waals surface area contributed by atoms with Crippen molar-refractivity contribution in [1.82, 2.24) is 19.9 Å². The van der Waals surface area contributed by atoms with Gasteiger partial charge in [0.2, 0.25) is 0 Å². The Morgan fingerprint density at radius 1 is 0.250 bits per heavy atom. The number of fused-ring (bicyclic) bond motifs is 8. The first-order valence-electron chi connectivity index (χ1n) is 33.1. The van der Waals surface area contributed by atoms with Crippen LogP contribution >= 0.6 is 0 Å². The molecule has 3 aromatic heterocycles. The van der Waals surface area contributed by atoms with Crippen LogP contribution in [0.2, 0.25) is 0 Å². The van der Waals surface area contributed by atoms with Crippen molar-refractivity contribution in [2.75, 3.05) is 47.4 Å². The summed E-state index contributed by atoms with van der Waals surface area (Å²) in [5.74, 6) is 0. The zero-order valence-electron chi connectivity index (χ0n) is 51.5. The summed E-state index contributed by atoms with van der Waals surface area (Å²) in [6, 6.07) is 44.9. The summed E-state index contributed by atoms with van der Waals surface area (Å²) in [7, 11) is 0. The molecule has 0 aliphatic carbocycles. The molecule has 4 aromatic carbocycles. The van der Waals surface area contributed by atoms with Gasteiger partial charge in [-0.25, -0.2) is 9.97 Å². The first-order valence-corrected chi connectivity index (χ1v) is 33.1. The summed E-state index contributed by atoms with van der Waals surface area (Å²) in [5.41, 5.74) is 20.8. The lowest BCUT2D eigenvalue weighted by atomic mass is 10.0. The minimum absolute atomic E-state index is 0.910. The van der Waals surface area contributed by atoms with Gasteiger partial charge in [0, 0.05) is 93.2 Å².